The quantitative estimate of drug-likeness (QED) is 0.517. The van der Waals surface area contributed by atoms with Crippen molar-refractivity contribution < 1.29 is 4.74 Å². The van der Waals surface area contributed by atoms with Crippen LogP contribution < -0.4 is 4.74 Å². The number of allylic oxidation sites excluding steroid dienone is 9. The molecule has 146 valence electrons. The minimum Gasteiger partial charge on any atom is -0.489 e. The van der Waals surface area contributed by atoms with Gasteiger partial charge in [-0.05, 0) is 61.6 Å². The minimum absolute atomic E-state index is 0.123. The summed E-state index contributed by atoms with van der Waals surface area (Å²) in [6.45, 7) is 6.51. The molecule has 2 aromatic carbocycles. The molecule has 0 radical (unpaired) electrons. The highest BCUT2D eigenvalue weighted by atomic mass is 16.5. The maximum atomic E-state index is 6.55. The molecule has 0 saturated heterocycles. The van der Waals surface area contributed by atoms with Crippen molar-refractivity contribution >= 4 is 11.1 Å². The molecule has 1 atom stereocenters. The normalized spacial score (nSPS) is 21.8. The Kier molecular flexibility index (Phi) is 5.67. The van der Waals surface area contributed by atoms with E-state index in [1.54, 1.807) is 0 Å². The van der Waals surface area contributed by atoms with Crippen LogP contribution in [0.4, 0.5) is 0 Å². The van der Waals surface area contributed by atoms with Gasteiger partial charge in [0.2, 0.25) is 0 Å². The van der Waals surface area contributed by atoms with Gasteiger partial charge in [0.15, 0.2) is 0 Å². The first-order chi connectivity index (χ1) is 14.1. The summed E-state index contributed by atoms with van der Waals surface area (Å²) in [4.78, 5) is 0. The number of hydrogen-bond acceptors (Lipinski definition) is 1. The van der Waals surface area contributed by atoms with E-state index in [9.17, 15) is 0 Å². The molecule has 1 aliphatic carbocycles. The Bertz CT molecular complexity index is 1050. The first-order valence-corrected chi connectivity index (χ1v) is 10.4. The van der Waals surface area contributed by atoms with Crippen molar-refractivity contribution in [3.63, 3.8) is 0 Å². The van der Waals surface area contributed by atoms with Gasteiger partial charge in [-0.25, -0.2) is 0 Å². The standard InChI is InChI=1S/C28H28O/c1-20-11-7-10-16-24(17-20)27-19-25(23-14-5-4-6-15-23)18-26-21(2)12-8-9-13-22(3)29-28(26)27/h4-10,12,14-19,22H,11,13H2,1-3H3/b9-8-,21-12+. The maximum absolute atomic E-state index is 6.55. The van der Waals surface area contributed by atoms with Crippen molar-refractivity contribution in [1.82, 2.24) is 0 Å². The third kappa shape index (κ3) is 4.35. The summed E-state index contributed by atoms with van der Waals surface area (Å²) in [5.41, 5.74) is 8.54. The summed E-state index contributed by atoms with van der Waals surface area (Å²) < 4.78 is 6.55. The Morgan fingerprint density at radius 2 is 1.62 bits per heavy atom. The summed E-state index contributed by atoms with van der Waals surface area (Å²) in [7, 11) is 0. The first-order valence-electron chi connectivity index (χ1n) is 10.4. The fraction of sp³-hybridized carbons (Fsp3) is 0.214. The maximum Gasteiger partial charge on any atom is 0.135 e. The zero-order valence-electron chi connectivity index (χ0n) is 17.5. The third-order valence-electron chi connectivity index (χ3n) is 5.45. The second kappa shape index (κ2) is 8.53. The second-order valence-electron chi connectivity index (χ2n) is 7.95. The number of ether oxygens (including phenoxy) is 1. The van der Waals surface area contributed by atoms with Crippen LogP contribution >= 0.6 is 0 Å². The van der Waals surface area contributed by atoms with Crippen molar-refractivity contribution in [2.75, 3.05) is 0 Å². The number of fused-ring (bicyclic) bond motifs is 1. The Morgan fingerprint density at radius 1 is 0.862 bits per heavy atom. The third-order valence-corrected chi connectivity index (χ3v) is 5.45. The molecule has 1 nitrogen and oxygen atoms in total. The van der Waals surface area contributed by atoms with E-state index in [1.807, 2.05) is 0 Å². The molecule has 4 rings (SSSR count). The molecule has 0 saturated carbocycles. The van der Waals surface area contributed by atoms with Crippen LogP contribution in [0, 0.1) is 0 Å². The number of hydrogen-bond donors (Lipinski definition) is 0. The fourth-order valence-electron chi connectivity index (χ4n) is 3.85. The van der Waals surface area contributed by atoms with Crippen molar-refractivity contribution in [3.05, 3.63) is 102 Å². The van der Waals surface area contributed by atoms with Gasteiger partial charge in [-0.3, -0.25) is 0 Å². The molecule has 0 fully saturated rings. The number of benzene rings is 2. The van der Waals surface area contributed by atoms with Crippen molar-refractivity contribution in [1.29, 1.82) is 0 Å². The lowest BCUT2D eigenvalue weighted by atomic mass is 9.91. The SMILES string of the molecule is CC1=CC(c2cc(-c3ccccc3)cc3c2OC(C)C/C=C\C=C\3C)=CC=CC1. The van der Waals surface area contributed by atoms with Crippen LogP contribution in [0.5, 0.6) is 5.75 Å². The fourth-order valence-corrected chi connectivity index (χ4v) is 3.85. The smallest absolute Gasteiger partial charge is 0.135 e. The predicted octanol–water partition coefficient (Wildman–Crippen LogP) is 7.77. The van der Waals surface area contributed by atoms with Gasteiger partial charge in [0.05, 0.1) is 6.10 Å². The Balaban J connectivity index is 2.00. The van der Waals surface area contributed by atoms with Gasteiger partial charge in [0.25, 0.3) is 0 Å². The van der Waals surface area contributed by atoms with Crippen molar-refractivity contribution in [3.8, 4) is 16.9 Å². The van der Waals surface area contributed by atoms with E-state index < -0.39 is 0 Å². The summed E-state index contributed by atoms with van der Waals surface area (Å²) in [6.07, 6.45) is 17.4. The molecule has 29 heavy (non-hydrogen) atoms. The summed E-state index contributed by atoms with van der Waals surface area (Å²) in [6, 6.07) is 15.2. The van der Waals surface area contributed by atoms with Gasteiger partial charge in [0, 0.05) is 17.5 Å². The molecule has 2 aliphatic rings. The molecule has 1 heteroatoms. The second-order valence-corrected chi connectivity index (χ2v) is 7.95. The highest BCUT2D eigenvalue weighted by Crippen LogP contribution is 2.40. The lowest BCUT2D eigenvalue weighted by molar-refractivity contribution is 0.224. The zero-order chi connectivity index (χ0) is 20.2. The van der Waals surface area contributed by atoms with Crippen LogP contribution in [-0.2, 0) is 0 Å². The average Bonchev–Trinajstić information content (AvgIpc) is 2.92. The largest absolute Gasteiger partial charge is 0.489 e. The van der Waals surface area contributed by atoms with Gasteiger partial charge >= 0.3 is 0 Å². The molecule has 0 amide bonds. The average molecular weight is 381 g/mol. The van der Waals surface area contributed by atoms with Crippen molar-refractivity contribution in [2.45, 2.75) is 39.7 Å². The molecule has 0 aromatic heterocycles. The van der Waals surface area contributed by atoms with Crippen LogP contribution in [0.15, 0.2) is 90.6 Å². The van der Waals surface area contributed by atoms with Gasteiger partial charge in [0.1, 0.15) is 5.75 Å². The van der Waals surface area contributed by atoms with Gasteiger partial charge in [-0.15, -0.1) is 0 Å². The molecule has 1 aliphatic heterocycles. The lowest BCUT2D eigenvalue weighted by Gasteiger charge is -2.22. The van der Waals surface area contributed by atoms with Crippen LogP contribution in [0.25, 0.3) is 22.3 Å². The molecule has 0 N–H and O–H groups in total. The van der Waals surface area contributed by atoms with E-state index >= 15 is 0 Å². The van der Waals surface area contributed by atoms with Crippen molar-refractivity contribution in [2.24, 2.45) is 0 Å². The van der Waals surface area contributed by atoms with E-state index in [4.69, 9.17) is 4.74 Å². The molecule has 0 spiro atoms. The molecule has 2 aromatic rings. The van der Waals surface area contributed by atoms with Crippen LogP contribution in [0.1, 0.15) is 44.7 Å². The molecule has 1 heterocycles. The Labute approximate surface area is 174 Å². The monoisotopic (exact) mass is 380 g/mol. The number of rotatable bonds is 2. The van der Waals surface area contributed by atoms with E-state index in [-0.39, 0.29) is 6.10 Å². The van der Waals surface area contributed by atoms with Crippen LogP contribution in [0.2, 0.25) is 0 Å². The predicted molar refractivity (Wildman–Crippen MR) is 125 cm³/mol. The lowest BCUT2D eigenvalue weighted by Crippen LogP contribution is -2.13. The van der Waals surface area contributed by atoms with Crippen LogP contribution in [0.3, 0.4) is 0 Å². The summed E-state index contributed by atoms with van der Waals surface area (Å²) >= 11 is 0. The zero-order valence-corrected chi connectivity index (χ0v) is 17.5. The highest BCUT2D eigenvalue weighted by molar-refractivity contribution is 5.88. The highest BCUT2D eigenvalue weighted by Gasteiger charge is 2.19. The summed E-state index contributed by atoms with van der Waals surface area (Å²) in [5, 5.41) is 0. The van der Waals surface area contributed by atoms with Gasteiger partial charge < -0.3 is 4.74 Å². The van der Waals surface area contributed by atoms with E-state index in [2.05, 4.69) is 106 Å². The van der Waals surface area contributed by atoms with E-state index in [0.29, 0.717) is 0 Å². The topological polar surface area (TPSA) is 9.23 Å². The molecule has 0 bridgehead atoms. The minimum atomic E-state index is 0.123. The van der Waals surface area contributed by atoms with Crippen LogP contribution in [-0.4, -0.2) is 6.10 Å². The summed E-state index contributed by atoms with van der Waals surface area (Å²) in [5.74, 6) is 0.986. The molecular weight excluding hydrogens is 352 g/mol. The van der Waals surface area contributed by atoms with E-state index in [1.165, 1.54) is 33.4 Å². The van der Waals surface area contributed by atoms with E-state index in [0.717, 1.165) is 24.2 Å². The van der Waals surface area contributed by atoms with Gasteiger partial charge in [-0.2, -0.15) is 0 Å². The molecular formula is C28H28O. The van der Waals surface area contributed by atoms with Gasteiger partial charge in [-0.1, -0.05) is 78.4 Å². The first kappa shape index (κ1) is 19.3. The Morgan fingerprint density at radius 3 is 2.45 bits per heavy atom. The molecule has 1 unspecified atom stereocenters. The Hall–Kier alpha value is -3.06.